The van der Waals surface area contributed by atoms with E-state index in [0.717, 1.165) is 39.1 Å². The quantitative estimate of drug-likeness (QED) is 0.702. The number of rotatable bonds is 2. The molecule has 7 heteroatoms. The summed E-state index contributed by atoms with van der Waals surface area (Å²) in [6.07, 6.45) is 6.58. The number of fused-ring (bicyclic) bond motifs is 2. The predicted octanol–water partition coefficient (Wildman–Crippen LogP) is 3.22. The summed E-state index contributed by atoms with van der Waals surface area (Å²) in [5.74, 6) is 1.06. The number of hydrogen-bond donors (Lipinski definition) is 0. The van der Waals surface area contributed by atoms with Crippen molar-refractivity contribution in [2.45, 2.75) is 25.9 Å². The summed E-state index contributed by atoms with van der Waals surface area (Å²) in [6, 6.07) is 6.44. The molecular formula is C19H18N6S. The monoisotopic (exact) mass is 362 g/mol. The van der Waals surface area contributed by atoms with Crippen molar-refractivity contribution in [3.63, 3.8) is 0 Å². The summed E-state index contributed by atoms with van der Waals surface area (Å²) >= 11 is 1.53. The summed E-state index contributed by atoms with van der Waals surface area (Å²) in [5.41, 5.74) is 6.66. The number of aryl methyl sites for hydroxylation is 1. The molecule has 0 spiro atoms. The summed E-state index contributed by atoms with van der Waals surface area (Å²) in [7, 11) is 2.09. The molecule has 1 aliphatic heterocycles. The van der Waals surface area contributed by atoms with E-state index in [1.807, 2.05) is 35.1 Å². The van der Waals surface area contributed by atoms with Crippen LogP contribution in [0.2, 0.25) is 0 Å². The third kappa shape index (κ3) is 2.24. The van der Waals surface area contributed by atoms with Gasteiger partial charge < -0.3 is 4.90 Å². The molecule has 0 saturated carbocycles. The minimum Gasteiger partial charge on any atom is -0.355 e. The van der Waals surface area contributed by atoms with E-state index in [1.165, 1.54) is 11.3 Å². The highest BCUT2D eigenvalue weighted by Gasteiger charge is 2.32. The van der Waals surface area contributed by atoms with Gasteiger partial charge in [-0.3, -0.25) is 9.98 Å². The van der Waals surface area contributed by atoms with E-state index in [4.69, 9.17) is 9.98 Å². The van der Waals surface area contributed by atoms with Crippen LogP contribution >= 0.6 is 11.3 Å². The van der Waals surface area contributed by atoms with Gasteiger partial charge in [-0.25, -0.2) is 9.50 Å². The van der Waals surface area contributed by atoms with Crippen LogP contribution in [0.4, 0.5) is 0 Å². The topological polar surface area (TPSA) is 58.7 Å². The van der Waals surface area contributed by atoms with Gasteiger partial charge in [-0.1, -0.05) is 35.6 Å². The fourth-order valence-corrected chi connectivity index (χ4v) is 4.22. The lowest BCUT2D eigenvalue weighted by Gasteiger charge is -2.25. The van der Waals surface area contributed by atoms with Crippen molar-refractivity contribution in [1.29, 1.82) is 0 Å². The zero-order chi connectivity index (χ0) is 17.8. The Balaban J connectivity index is 1.69. The van der Waals surface area contributed by atoms with Crippen LogP contribution in [0.15, 0.2) is 46.9 Å². The molecule has 6 nitrogen and oxygen atoms in total. The molecule has 0 radical (unpaired) electrons. The molecule has 0 bridgehead atoms. The van der Waals surface area contributed by atoms with Crippen LogP contribution in [0.1, 0.15) is 18.3 Å². The van der Waals surface area contributed by atoms with Gasteiger partial charge in [0.15, 0.2) is 0 Å². The molecule has 26 heavy (non-hydrogen) atoms. The third-order valence-electron chi connectivity index (χ3n) is 5.02. The first-order chi connectivity index (χ1) is 12.6. The van der Waals surface area contributed by atoms with Gasteiger partial charge in [0.2, 0.25) is 4.96 Å². The highest BCUT2D eigenvalue weighted by molar-refractivity contribution is 7.14. The third-order valence-corrected chi connectivity index (χ3v) is 5.69. The fraction of sp³-hybridized carbons (Fsp3) is 0.263. The van der Waals surface area contributed by atoms with Crippen molar-refractivity contribution in [1.82, 2.24) is 24.5 Å². The Morgan fingerprint density at radius 1 is 1.15 bits per heavy atom. The first-order valence-electron chi connectivity index (χ1n) is 8.56. The van der Waals surface area contributed by atoms with E-state index in [9.17, 15) is 0 Å². The van der Waals surface area contributed by atoms with Crippen LogP contribution < -0.4 is 0 Å². The molecular weight excluding hydrogens is 344 g/mol. The van der Waals surface area contributed by atoms with Crippen molar-refractivity contribution in [3.8, 4) is 11.4 Å². The molecule has 2 unspecified atom stereocenters. The first kappa shape index (κ1) is 15.5. The Morgan fingerprint density at radius 2 is 2.04 bits per heavy atom. The van der Waals surface area contributed by atoms with Crippen molar-refractivity contribution in [2.75, 3.05) is 7.05 Å². The number of pyridine rings is 1. The predicted molar refractivity (Wildman–Crippen MR) is 104 cm³/mol. The van der Waals surface area contributed by atoms with Gasteiger partial charge in [0.25, 0.3) is 0 Å². The van der Waals surface area contributed by atoms with Gasteiger partial charge in [-0.05, 0) is 26.0 Å². The van der Waals surface area contributed by atoms with Crippen molar-refractivity contribution < 1.29 is 0 Å². The number of imidazole rings is 1. The van der Waals surface area contributed by atoms with Crippen LogP contribution in [0.3, 0.4) is 0 Å². The largest absolute Gasteiger partial charge is 0.355 e. The summed E-state index contributed by atoms with van der Waals surface area (Å²) in [6.45, 7) is 4.05. The average molecular weight is 362 g/mol. The highest BCUT2D eigenvalue weighted by atomic mass is 32.1. The molecule has 1 aliphatic carbocycles. The summed E-state index contributed by atoms with van der Waals surface area (Å²) in [4.78, 5) is 17.3. The molecule has 5 rings (SSSR count). The lowest BCUT2D eigenvalue weighted by atomic mass is 9.95. The van der Waals surface area contributed by atoms with Gasteiger partial charge in [-0.2, -0.15) is 5.10 Å². The van der Waals surface area contributed by atoms with Crippen molar-refractivity contribution >= 4 is 27.7 Å². The maximum Gasteiger partial charge on any atom is 0.213 e. The zero-order valence-corrected chi connectivity index (χ0v) is 15.6. The molecule has 0 saturated heterocycles. The van der Waals surface area contributed by atoms with Gasteiger partial charge in [0, 0.05) is 18.3 Å². The van der Waals surface area contributed by atoms with E-state index < -0.39 is 0 Å². The van der Waals surface area contributed by atoms with Gasteiger partial charge >= 0.3 is 0 Å². The van der Waals surface area contributed by atoms with Gasteiger partial charge in [-0.15, -0.1) is 0 Å². The number of aromatic nitrogens is 4. The standard InChI is InChI=1S/C19H18N6S/c1-11-5-4-6-15(21-11)17-18(25-19(23-17)26-10-20-25)13-7-8-14-16(9-13)24(3)12(2)22-14/h4-10,14,16H,1-3H3. The summed E-state index contributed by atoms with van der Waals surface area (Å²) in [5, 5.41) is 4.51. The van der Waals surface area contributed by atoms with Crippen LogP contribution in [-0.4, -0.2) is 49.4 Å². The maximum atomic E-state index is 4.82. The van der Waals surface area contributed by atoms with Crippen LogP contribution in [0, 0.1) is 6.92 Å². The van der Waals surface area contributed by atoms with E-state index in [-0.39, 0.29) is 12.1 Å². The molecule has 0 aromatic carbocycles. The number of hydrogen-bond acceptors (Lipinski definition) is 6. The molecule has 0 amide bonds. The molecule has 4 heterocycles. The molecule has 2 atom stereocenters. The van der Waals surface area contributed by atoms with E-state index in [1.54, 1.807) is 0 Å². The van der Waals surface area contributed by atoms with Crippen LogP contribution in [0.25, 0.3) is 21.9 Å². The Bertz CT molecular complexity index is 1100. The molecule has 2 aliphatic rings. The molecule has 3 aromatic heterocycles. The zero-order valence-electron chi connectivity index (χ0n) is 14.8. The Kier molecular flexibility index (Phi) is 3.33. The number of aliphatic imine (C=N–C) groups is 1. The van der Waals surface area contributed by atoms with Gasteiger partial charge in [0.05, 0.1) is 23.6 Å². The Hall–Kier alpha value is -2.80. The van der Waals surface area contributed by atoms with Crippen LogP contribution in [0.5, 0.6) is 0 Å². The second kappa shape index (κ2) is 5.60. The van der Waals surface area contributed by atoms with Crippen molar-refractivity contribution in [3.05, 3.63) is 53.3 Å². The SMILES string of the molecule is CC1=NC2C=CC(c3c(-c4cccc(C)n4)nc4scnn34)=CC2N1C. The lowest BCUT2D eigenvalue weighted by molar-refractivity contribution is 0.436. The van der Waals surface area contributed by atoms with Crippen LogP contribution in [-0.2, 0) is 0 Å². The molecule has 0 fully saturated rings. The van der Waals surface area contributed by atoms with E-state index in [2.05, 4.69) is 47.2 Å². The number of amidine groups is 1. The average Bonchev–Trinajstić information content (AvgIpc) is 3.29. The fourth-order valence-electron chi connectivity index (χ4n) is 3.60. The maximum absolute atomic E-state index is 4.82. The lowest BCUT2D eigenvalue weighted by Crippen LogP contribution is -2.34. The van der Waals surface area contributed by atoms with Crippen molar-refractivity contribution in [2.24, 2.45) is 4.99 Å². The summed E-state index contributed by atoms with van der Waals surface area (Å²) < 4.78 is 1.92. The highest BCUT2D eigenvalue weighted by Crippen LogP contribution is 2.34. The Morgan fingerprint density at radius 3 is 2.88 bits per heavy atom. The molecule has 130 valence electrons. The molecule has 0 N–H and O–H groups in total. The second-order valence-electron chi connectivity index (χ2n) is 6.66. The number of likely N-dealkylation sites (N-methyl/N-ethyl adjacent to an activating group) is 1. The van der Waals surface area contributed by atoms with Gasteiger partial charge in [0.1, 0.15) is 16.9 Å². The number of allylic oxidation sites excluding steroid dienone is 2. The van der Waals surface area contributed by atoms with E-state index >= 15 is 0 Å². The Labute approximate surface area is 155 Å². The molecule has 3 aromatic rings. The minimum absolute atomic E-state index is 0.183. The number of nitrogens with zero attached hydrogens (tertiary/aromatic N) is 6. The smallest absolute Gasteiger partial charge is 0.213 e. The second-order valence-corrected chi connectivity index (χ2v) is 7.47. The van der Waals surface area contributed by atoms with E-state index in [0.29, 0.717) is 0 Å². The normalized spacial score (nSPS) is 21.9. The minimum atomic E-state index is 0.183. The first-order valence-corrected chi connectivity index (χ1v) is 9.43.